The second-order valence-electron chi connectivity index (χ2n) is 5.99. The summed E-state index contributed by atoms with van der Waals surface area (Å²) in [7, 11) is 3.91. The highest BCUT2D eigenvalue weighted by Gasteiger charge is 2.22. The number of rotatable bonds is 4. The summed E-state index contributed by atoms with van der Waals surface area (Å²) >= 11 is 0. The lowest BCUT2D eigenvalue weighted by molar-refractivity contribution is -0.136. The molecule has 0 aromatic heterocycles. The van der Waals surface area contributed by atoms with E-state index < -0.39 is 0 Å². The summed E-state index contributed by atoms with van der Waals surface area (Å²) in [6.07, 6.45) is 0. The van der Waals surface area contributed by atoms with Crippen molar-refractivity contribution in [3.05, 3.63) is 0 Å². The largest absolute Gasteiger partial charge is 0.339 e. The molecule has 2 rings (SSSR count). The van der Waals surface area contributed by atoms with Gasteiger partial charge in [-0.15, -0.1) is 0 Å². The number of hydrogen-bond acceptors (Lipinski definition) is 5. The Hall–Kier alpha value is -1.18. The molecular formula is C14H27N5O2. The van der Waals surface area contributed by atoms with Crippen LogP contribution in [0.5, 0.6) is 0 Å². The average molecular weight is 297 g/mol. The van der Waals surface area contributed by atoms with Crippen LogP contribution >= 0.6 is 0 Å². The molecular weight excluding hydrogens is 270 g/mol. The van der Waals surface area contributed by atoms with Gasteiger partial charge in [-0.05, 0) is 14.1 Å². The minimum Gasteiger partial charge on any atom is -0.339 e. The number of nitrogens with zero attached hydrogens (tertiary/aromatic N) is 4. The van der Waals surface area contributed by atoms with Crippen molar-refractivity contribution in [2.24, 2.45) is 0 Å². The molecule has 2 saturated heterocycles. The number of likely N-dealkylation sites (N-methyl/N-ethyl adjacent to an activating group) is 2. The third-order valence-electron chi connectivity index (χ3n) is 4.14. The number of amides is 2. The van der Waals surface area contributed by atoms with E-state index in [0.717, 1.165) is 52.4 Å². The second-order valence-corrected chi connectivity index (χ2v) is 5.99. The molecule has 0 aliphatic carbocycles. The predicted octanol–water partition coefficient (Wildman–Crippen LogP) is -1.88. The van der Waals surface area contributed by atoms with Gasteiger partial charge in [0.15, 0.2) is 0 Å². The number of nitrogens with one attached hydrogen (secondary N) is 1. The Morgan fingerprint density at radius 3 is 1.90 bits per heavy atom. The fourth-order valence-corrected chi connectivity index (χ4v) is 2.69. The lowest BCUT2D eigenvalue weighted by Gasteiger charge is -2.34. The quantitative estimate of drug-likeness (QED) is 0.658. The van der Waals surface area contributed by atoms with Crippen molar-refractivity contribution in [2.45, 2.75) is 0 Å². The molecule has 0 bridgehead atoms. The third kappa shape index (κ3) is 4.94. The fourth-order valence-electron chi connectivity index (χ4n) is 2.69. The normalized spacial score (nSPS) is 20.9. The van der Waals surface area contributed by atoms with E-state index in [1.54, 1.807) is 0 Å². The fraction of sp³-hybridized carbons (Fsp3) is 0.857. The van der Waals surface area contributed by atoms with E-state index in [2.05, 4.69) is 17.3 Å². The molecule has 21 heavy (non-hydrogen) atoms. The van der Waals surface area contributed by atoms with Gasteiger partial charge in [-0.1, -0.05) is 0 Å². The van der Waals surface area contributed by atoms with Crippen LogP contribution in [0.2, 0.25) is 0 Å². The molecule has 7 heteroatoms. The Labute approximate surface area is 126 Å². The Kier molecular flexibility index (Phi) is 5.96. The second kappa shape index (κ2) is 7.72. The van der Waals surface area contributed by atoms with Crippen LogP contribution in [-0.2, 0) is 9.59 Å². The maximum absolute atomic E-state index is 12.2. The van der Waals surface area contributed by atoms with Gasteiger partial charge in [0.25, 0.3) is 0 Å². The van der Waals surface area contributed by atoms with E-state index in [1.807, 2.05) is 21.7 Å². The number of carbonyl (C=O) groups excluding carboxylic acids is 2. The lowest BCUT2D eigenvalue weighted by Crippen LogP contribution is -2.52. The zero-order chi connectivity index (χ0) is 15.2. The first-order valence-corrected chi connectivity index (χ1v) is 7.69. The van der Waals surface area contributed by atoms with E-state index in [0.29, 0.717) is 13.1 Å². The monoisotopic (exact) mass is 297 g/mol. The molecule has 2 fully saturated rings. The maximum Gasteiger partial charge on any atom is 0.236 e. The lowest BCUT2D eigenvalue weighted by atomic mass is 10.3. The van der Waals surface area contributed by atoms with Gasteiger partial charge in [0, 0.05) is 52.4 Å². The van der Waals surface area contributed by atoms with Crippen LogP contribution in [0.15, 0.2) is 0 Å². The van der Waals surface area contributed by atoms with E-state index in [4.69, 9.17) is 0 Å². The Morgan fingerprint density at radius 2 is 1.38 bits per heavy atom. The van der Waals surface area contributed by atoms with Gasteiger partial charge in [-0.25, -0.2) is 0 Å². The summed E-state index contributed by atoms with van der Waals surface area (Å²) in [5.41, 5.74) is 0. The molecule has 0 saturated carbocycles. The number of piperazine rings is 2. The maximum atomic E-state index is 12.2. The first kappa shape index (κ1) is 16.2. The molecule has 0 radical (unpaired) electrons. The summed E-state index contributed by atoms with van der Waals surface area (Å²) < 4.78 is 0. The summed E-state index contributed by atoms with van der Waals surface area (Å²) in [6, 6.07) is 0. The first-order valence-electron chi connectivity index (χ1n) is 7.69. The third-order valence-corrected chi connectivity index (χ3v) is 4.14. The van der Waals surface area contributed by atoms with E-state index in [1.165, 1.54) is 0 Å². The highest BCUT2D eigenvalue weighted by atomic mass is 16.2. The van der Waals surface area contributed by atoms with Crippen molar-refractivity contribution in [1.29, 1.82) is 0 Å². The first-order chi connectivity index (χ1) is 10.1. The number of hydrogen-bond donors (Lipinski definition) is 1. The van der Waals surface area contributed by atoms with Gasteiger partial charge >= 0.3 is 0 Å². The van der Waals surface area contributed by atoms with Crippen molar-refractivity contribution in [3.8, 4) is 0 Å². The van der Waals surface area contributed by atoms with Crippen LogP contribution in [0.25, 0.3) is 0 Å². The zero-order valence-corrected chi connectivity index (χ0v) is 13.2. The van der Waals surface area contributed by atoms with Gasteiger partial charge in [-0.3, -0.25) is 14.5 Å². The summed E-state index contributed by atoms with van der Waals surface area (Å²) in [5, 5.41) is 3.23. The molecule has 0 aromatic rings. The summed E-state index contributed by atoms with van der Waals surface area (Å²) in [6.45, 7) is 7.30. The summed E-state index contributed by atoms with van der Waals surface area (Å²) in [4.78, 5) is 32.1. The highest BCUT2D eigenvalue weighted by Crippen LogP contribution is 2.01. The van der Waals surface area contributed by atoms with Crippen LogP contribution in [0.3, 0.4) is 0 Å². The van der Waals surface area contributed by atoms with Crippen LogP contribution in [0, 0.1) is 0 Å². The van der Waals surface area contributed by atoms with E-state index in [9.17, 15) is 9.59 Å². The van der Waals surface area contributed by atoms with Crippen molar-refractivity contribution >= 4 is 11.8 Å². The van der Waals surface area contributed by atoms with E-state index in [-0.39, 0.29) is 11.8 Å². The predicted molar refractivity (Wildman–Crippen MR) is 81.0 cm³/mol. The smallest absolute Gasteiger partial charge is 0.236 e. The van der Waals surface area contributed by atoms with Crippen molar-refractivity contribution in [2.75, 3.05) is 79.5 Å². The van der Waals surface area contributed by atoms with Gasteiger partial charge in [-0.2, -0.15) is 0 Å². The van der Waals surface area contributed by atoms with Crippen LogP contribution < -0.4 is 5.32 Å². The molecule has 2 amide bonds. The van der Waals surface area contributed by atoms with Crippen LogP contribution in [-0.4, -0.2) is 111 Å². The molecule has 0 unspecified atom stereocenters. The average Bonchev–Trinajstić information content (AvgIpc) is 2.48. The minimum atomic E-state index is 0.116. The zero-order valence-electron chi connectivity index (χ0n) is 13.2. The molecule has 120 valence electrons. The molecule has 1 N–H and O–H groups in total. The highest BCUT2D eigenvalue weighted by molar-refractivity contribution is 5.81. The standard InChI is InChI=1S/C14H27N5O2/c1-16-7-9-19(10-8-16)14(21)12-17(2)11-13(20)18-5-3-15-4-6-18/h15H,3-12H2,1-2H3. The Balaban J connectivity index is 1.71. The molecule has 7 nitrogen and oxygen atoms in total. The molecule has 2 aliphatic heterocycles. The Morgan fingerprint density at radius 1 is 0.905 bits per heavy atom. The SMILES string of the molecule is CN1CCN(C(=O)CN(C)CC(=O)N2CCNCC2)CC1. The van der Waals surface area contributed by atoms with Gasteiger partial charge in [0.1, 0.15) is 0 Å². The topological polar surface area (TPSA) is 59.1 Å². The van der Waals surface area contributed by atoms with Gasteiger partial charge in [0.2, 0.25) is 11.8 Å². The van der Waals surface area contributed by atoms with Crippen molar-refractivity contribution in [1.82, 2.24) is 24.9 Å². The van der Waals surface area contributed by atoms with Crippen LogP contribution in [0.4, 0.5) is 0 Å². The molecule has 0 spiro atoms. The number of carbonyl (C=O) groups is 2. The molecule has 2 heterocycles. The van der Waals surface area contributed by atoms with Crippen molar-refractivity contribution < 1.29 is 9.59 Å². The summed E-state index contributed by atoms with van der Waals surface area (Å²) in [5.74, 6) is 0.240. The van der Waals surface area contributed by atoms with E-state index >= 15 is 0 Å². The minimum absolute atomic E-state index is 0.116. The van der Waals surface area contributed by atoms with Gasteiger partial charge in [0.05, 0.1) is 13.1 Å². The van der Waals surface area contributed by atoms with Crippen molar-refractivity contribution in [3.63, 3.8) is 0 Å². The molecule has 0 aromatic carbocycles. The molecule has 2 aliphatic rings. The molecule has 0 atom stereocenters. The van der Waals surface area contributed by atoms with Crippen LogP contribution in [0.1, 0.15) is 0 Å². The van der Waals surface area contributed by atoms with Gasteiger partial charge < -0.3 is 20.0 Å². The Bertz CT molecular complexity index is 362.